The van der Waals surface area contributed by atoms with Gasteiger partial charge in [0.15, 0.2) is 23.0 Å². The van der Waals surface area contributed by atoms with E-state index in [4.69, 9.17) is 25.7 Å². The SMILES string of the molecule is Nc1nc(C(=O)NCCC(=O)N[C@H](CC(=O)CCc2ccccc2)C(=O)OCc2ccccc2)c(N)nc1C(=O)NCCCN[C@H](CC(=O)OCc1ccccc1)C(=O)OCc1ccccc1. The van der Waals surface area contributed by atoms with Crippen molar-refractivity contribution in [3.8, 4) is 0 Å². The third-order valence-corrected chi connectivity index (χ3v) is 9.98. The molecule has 0 saturated carbocycles. The first-order valence-electron chi connectivity index (χ1n) is 21.6. The average molecular weight is 915 g/mol. The minimum absolute atomic E-state index is 0.00661. The molecule has 0 radical (unpaired) electrons. The molecule has 0 aliphatic heterocycles. The van der Waals surface area contributed by atoms with Gasteiger partial charge in [0.25, 0.3) is 11.8 Å². The molecule has 1 aromatic heterocycles. The van der Waals surface area contributed by atoms with Gasteiger partial charge in [0.05, 0.1) is 6.42 Å². The van der Waals surface area contributed by atoms with Crippen LogP contribution in [0.2, 0.25) is 0 Å². The Morgan fingerprint density at radius 2 is 0.955 bits per heavy atom. The number of nitrogen functional groups attached to an aromatic ring is 2. The Labute approximate surface area is 387 Å². The van der Waals surface area contributed by atoms with Crippen molar-refractivity contribution in [3.63, 3.8) is 0 Å². The molecular formula is C49H54N8O10. The van der Waals surface area contributed by atoms with Gasteiger partial charge in [0.2, 0.25) is 5.91 Å². The van der Waals surface area contributed by atoms with Crippen molar-refractivity contribution in [1.82, 2.24) is 31.2 Å². The van der Waals surface area contributed by atoms with Gasteiger partial charge in [-0.1, -0.05) is 121 Å². The van der Waals surface area contributed by atoms with Gasteiger partial charge in [-0.15, -0.1) is 0 Å². The highest BCUT2D eigenvalue weighted by molar-refractivity contribution is 6.01. The van der Waals surface area contributed by atoms with Crippen LogP contribution in [0, 0.1) is 0 Å². The van der Waals surface area contributed by atoms with Crippen molar-refractivity contribution >= 4 is 53.0 Å². The van der Waals surface area contributed by atoms with E-state index in [1.807, 2.05) is 84.9 Å². The zero-order valence-electron chi connectivity index (χ0n) is 36.8. The zero-order valence-corrected chi connectivity index (χ0v) is 36.8. The Bertz CT molecular complexity index is 2430. The molecule has 350 valence electrons. The van der Waals surface area contributed by atoms with E-state index >= 15 is 0 Å². The number of anilines is 2. The smallest absolute Gasteiger partial charge is 0.329 e. The number of amides is 3. The molecule has 0 aliphatic rings. The van der Waals surface area contributed by atoms with E-state index in [0.29, 0.717) is 12.8 Å². The third kappa shape index (κ3) is 17.5. The average Bonchev–Trinajstić information content (AvgIpc) is 3.34. The number of nitrogens with two attached hydrogens (primary N) is 2. The molecule has 18 heteroatoms. The largest absolute Gasteiger partial charge is 0.461 e. The summed E-state index contributed by atoms with van der Waals surface area (Å²) in [5.74, 6) is -5.31. The number of rotatable bonds is 26. The summed E-state index contributed by atoms with van der Waals surface area (Å²) in [5, 5.41) is 10.7. The van der Waals surface area contributed by atoms with Gasteiger partial charge in [-0.05, 0) is 41.6 Å². The first-order chi connectivity index (χ1) is 32.4. The summed E-state index contributed by atoms with van der Waals surface area (Å²) in [6.07, 6.45) is 0.0237. The number of nitrogens with zero attached hydrogens (tertiary/aromatic N) is 2. The molecule has 5 aromatic rings. The fourth-order valence-corrected chi connectivity index (χ4v) is 6.40. The van der Waals surface area contributed by atoms with Crippen molar-refractivity contribution < 1.29 is 47.8 Å². The summed E-state index contributed by atoms with van der Waals surface area (Å²) in [5.41, 5.74) is 14.5. The highest BCUT2D eigenvalue weighted by atomic mass is 16.5. The maximum atomic E-state index is 13.1. The predicted octanol–water partition coefficient (Wildman–Crippen LogP) is 3.54. The quantitative estimate of drug-likeness (QED) is 0.0263. The minimum atomic E-state index is -1.27. The van der Waals surface area contributed by atoms with Gasteiger partial charge < -0.3 is 46.9 Å². The van der Waals surface area contributed by atoms with Gasteiger partial charge in [-0.2, -0.15) is 0 Å². The molecule has 0 aliphatic carbocycles. The standard InChI is InChI=1S/C49H54N8O10/c50-44-42(46(61)53-26-13-25-52-38(48(63)66-31-35-18-9-3-10-19-35)29-41(60)65-30-34-16-7-2-8-17-34)56-45(51)43(57-44)47(62)54-27-24-40(59)55-39(49(64)67-32-36-20-11-4-12-21-36)28-37(58)23-22-33-14-5-1-6-15-33/h1-12,14-21,38-39,52H,13,22-32H2,(H2,50,57)(H2,51,56)(H,53,61)(H,54,62)(H,55,59)/t38-,39-/m1/s1. The Morgan fingerprint density at radius 3 is 1.46 bits per heavy atom. The maximum Gasteiger partial charge on any atom is 0.329 e. The number of aromatic nitrogens is 2. The van der Waals surface area contributed by atoms with E-state index in [9.17, 15) is 33.6 Å². The summed E-state index contributed by atoms with van der Waals surface area (Å²) in [4.78, 5) is 98.8. The summed E-state index contributed by atoms with van der Waals surface area (Å²) < 4.78 is 16.3. The number of ketones is 1. The molecule has 18 nitrogen and oxygen atoms in total. The monoisotopic (exact) mass is 914 g/mol. The number of nitrogens with one attached hydrogen (secondary N) is 4. The number of carbonyl (C=O) groups excluding carboxylic acids is 7. The van der Waals surface area contributed by atoms with Crippen molar-refractivity contribution in [1.29, 1.82) is 0 Å². The highest BCUT2D eigenvalue weighted by Gasteiger charge is 2.27. The number of hydrogen-bond acceptors (Lipinski definition) is 15. The van der Waals surface area contributed by atoms with Crippen LogP contribution in [-0.4, -0.2) is 83.1 Å². The first-order valence-corrected chi connectivity index (χ1v) is 21.6. The molecule has 0 fully saturated rings. The lowest BCUT2D eigenvalue weighted by Crippen LogP contribution is -2.44. The van der Waals surface area contributed by atoms with E-state index in [1.54, 1.807) is 36.4 Å². The molecular weight excluding hydrogens is 861 g/mol. The lowest BCUT2D eigenvalue weighted by atomic mass is 10.0. The first kappa shape index (κ1) is 50.0. The Balaban J connectivity index is 1.07. The molecule has 0 spiro atoms. The van der Waals surface area contributed by atoms with Gasteiger partial charge in [-0.25, -0.2) is 14.8 Å². The topological polar surface area (TPSA) is 273 Å². The number of aryl methyl sites for hydroxylation is 1. The van der Waals surface area contributed by atoms with E-state index in [0.717, 1.165) is 22.3 Å². The molecule has 0 bridgehead atoms. The third-order valence-electron chi connectivity index (χ3n) is 9.98. The number of esters is 3. The molecule has 0 saturated heterocycles. The second-order valence-corrected chi connectivity index (χ2v) is 15.2. The second kappa shape index (κ2) is 26.7. The number of hydrogen-bond donors (Lipinski definition) is 6. The van der Waals surface area contributed by atoms with Crippen LogP contribution in [0.15, 0.2) is 121 Å². The Morgan fingerprint density at radius 1 is 0.507 bits per heavy atom. The van der Waals surface area contributed by atoms with Gasteiger partial charge >= 0.3 is 17.9 Å². The zero-order chi connectivity index (χ0) is 47.8. The molecule has 67 heavy (non-hydrogen) atoms. The van der Waals surface area contributed by atoms with Crippen LogP contribution < -0.4 is 32.7 Å². The molecule has 4 aromatic carbocycles. The van der Waals surface area contributed by atoms with Gasteiger partial charge in [0, 0.05) is 32.4 Å². The summed E-state index contributed by atoms with van der Waals surface area (Å²) in [6.45, 7) is 0.0233. The van der Waals surface area contributed by atoms with Crippen LogP contribution in [0.4, 0.5) is 11.6 Å². The summed E-state index contributed by atoms with van der Waals surface area (Å²) >= 11 is 0. The Hall–Kier alpha value is -7.99. The second-order valence-electron chi connectivity index (χ2n) is 15.2. The van der Waals surface area contributed by atoms with Crippen molar-refractivity contribution in [2.75, 3.05) is 31.1 Å². The number of ether oxygens (including phenoxy) is 3. The van der Waals surface area contributed by atoms with Crippen LogP contribution in [0.1, 0.15) is 75.3 Å². The molecule has 5 rings (SSSR count). The van der Waals surface area contributed by atoms with Crippen LogP contribution >= 0.6 is 0 Å². The summed E-state index contributed by atoms with van der Waals surface area (Å²) in [6, 6.07) is 34.2. The van der Waals surface area contributed by atoms with Gasteiger partial charge in [0.1, 0.15) is 37.7 Å². The van der Waals surface area contributed by atoms with Crippen molar-refractivity contribution in [2.24, 2.45) is 0 Å². The van der Waals surface area contributed by atoms with Crippen molar-refractivity contribution in [3.05, 3.63) is 155 Å². The van der Waals surface area contributed by atoms with E-state index in [1.165, 1.54) is 0 Å². The Kier molecular flexibility index (Phi) is 19.9. The predicted molar refractivity (Wildman–Crippen MR) is 246 cm³/mol. The fraction of sp³-hybridized carbons (Fsp3) is 0.286. The van der Waals surface area contributed by atoms with E-state index < -0.39 is 65.0 Å². The van der Waals surface area contributed by atoms with Crippen LogP contribution in [-0.2, 0) is 64.4 Å². The number of carbonyl (C=O) groups is 7. The van der Waals surface area contributed by atoms with Crippen molar-refractivity contribution in [2.45, 2.75) is 70.4 Å². The van der Waals surface area contributed by atoms with E-state index in [2.05, 4.69) is 31.2 Å². The normalized spacial score (nSPS) is 11.6. The molecule has 1 heterocycles. The molecule has 2 atom stereocenters. The fourth-order valence-electron chi connectivity index (χ4n) is 6.40. The van der Waals surface area contributed by atoms with Crippen LogP contribution in [0.5, 0.6) is 0 Å². The van der Waals surface area contributed by atoms with Gasteiger partial charge in [-0.3, -0.25) is 28.8 Å². The lowest BCUT2D eigenvalue weighted by molar-refractivity contribution is -0.154. The number of Topliss-reactive ketones (excluding diaryl/α,β-unsaturated/α-hetero) is 1. The molecule has 8 N–H and O–H groups in total. The molecule has 0 unspecified atom stereocenters. The van der Waals surface area contributed by atoms with E-state index in [-0.39, 0.29) is 76.6 Å². The summed E-state index contributed by atoms with van der Waals surface area (Å²) in [7, 11) is 0. The highest BCUT2D eigenvalue weighted by Crippen LogP contribution is 2.14. The minimum Gasteiger partial charge on any atom is -0.461 e. The number of benzene rings is 4. The lowest BCUT2D eigenvalue weighted by Gasteiger charge is -2.18. The van der Waals surface area contributed by atoms with Crippen LogP contribution in [0.25, 0.3) is 0 Å². The molecule has 3 amide bonds. The maximum absolute atomic E-state index is 13.1. The van der Waals surface area contributed by atoms with Crippen LogP contribution in [0.3, 0.4) is 0 Å².